The van der Waals surface area contributed by atoms with Gasteiger partial charge in [0.05, 0.1) is 24.6 Å². The van der Waals surface area contributed by atoms with Crippen LogP contribution in [0.2, 0.25) is 0 Å². The maximum Gasteiger partial charge on any atom is 0.416 e. The largest absolute Gasteiger partial charge is 0.497 e. The van der Waals surface area contributed by atoms with E-state index in [0.717, 1.165) is 60.6 Å². The van der Waals surface area contributed by atoms with E-state index in [-0.39, 0.29) is 34.3 Å². The molecule has 3 aromatic carbocycles. The van der Waals surface area contributed by atoms with Crippen LogP contribution in [0.15, 0.2) is 91.1 Å². The number of anilines is 1. The molecule has 13 heteroatoms. The number of nitrogens with zero attached hydrogens (tertiary/aromatic N) is 5. The topological polar surface area (TPSA) is 80.1 Å². The van der Waals surface area contributed by atoms with Crippen LogP contribution in [0.25, 0.3) is 10.9 Å². The van der Waals surface area contributed by atoms with Crippen molar-refractivity contribution in [2.75, 3.05) is 45.2 Å². The average molecular weight is 739 g/mol. The van der Waals surface area contributed by atoms with E-state index in [1.165, 1.54) is 23.7 Å². The van der Waals surface area contributed by atoms with Gasteiger partial charge in [-0.15, -0.1) is 17.0 Å². The van der Waals surface area contributed by atoms with Gasteiger partial charge in [-0.2, -0.15) is 13.2 Å². The van der Waals surface area contributed by atoms with Crippen LogP contribution in [0, 0.1) is 0 Å². The summed E-state index contributed by atoms with van der Waals surface area (Å²) in [6.45, 7) is 3.60. The quantitative estimate of drug-likeness (QED) is 0.168. The Balaban J connectivity index is 0.00000468. The smallest absolute Gasteiger partial charge is 0.416 e. The van der Waals surface area contributed by atoms with Crippen molar-refractivity contribution in [2.45, 2.75) is 12.7 Å². The minimum Gasteiger partial charge on any atom is -0.497 e. The Hall–Kier alpha value is -4.88. The molecule has 3 heterocycles. The molecule has 256 valence electrons. The number of aromatic nitrogens is 2. The summed E-state index contributed by atoms with van der Waals surface area (Å²) in [5.41, 5.74) is 2.38. The van der Waals surface area contributed by atoms with Gasteiger partial charge in [-0.05, 0) is 72.3 Å². The van der Waals surface area contributed by atoms with Gasteiger partial charge in [-0.25, -0.2) is 4.98 Å². The van der Waals surface area contributed by atoms with Crippen molar-refractivity contribution in [1.82, 2.24) is 19.4 Å². The van der Waals surface area contributed by atoms with Gasteiger partial charge >= 0.3 is 6.18 Å². The third-order valence-electron chi connectivity index (χ3n) is 8.53. The maximum absolute atomic E-state index is 13.6. The molecule has 0 N–H and O–H groups in total. The minimum absolute atomic E-state index is 0. The molecule has 5 aromatic rings. The second-order valence-corrected chi connectivity index (χ2v) is 11.6. The van der Waals surface area contributed by atoms with Gasteiger partial charge in [0, 0.05) is 69.4 Å². The summed E-state index contributed by atoms with van der Waals surface area (Å²) in [7, 11) is 5.05. The van der Waals surface area contributed by atoms with Crippen LogP contribution in [-0.4, -0.2) is 71.5 Å². The van der Waals surface area contributed by atoms with E-state index in [4.69, 9.17) is 9.47 Å². The molecule has 0 saturated carbocycles. The summed E-state index contributed by atoms with van der Waals surface area (Å²) in [6, 6.07) is 22.7. The van der Waals surface area contributed by atoms with Crippen molar-refractivity contribution in [3.8, 4) is 17.4 Å². The highest BCUT2D eigenvalue weighted by Crippen LogP contribution is 2.31. The lowest BCUT2D eigenvalue weighted by Crippen LogP contribution is -2.48. The number of carbonyl (C=O) groups excluding carboxylic acids is 2. The Morgan fingerprint density at radius 1 is 0.898 bits per heavy atom. The fourth-order valence-corrected chi connectivity index (χ4v) is 5.76. The van der Waals surface area contributed by atoms with Crippen LogP contribution in [0.4, 0.5) is 18.9 Å². The molecule has 0 unspecified atom stereocenters. The molecule has 49 heavy (non-hydrogen) atoms. The minimum atomic E-state index is -4.48. The Kier molecular flexibility index (Phi) is 10.6. The lowest BCUT2D eigenvalue weighted by molar-refractivity contribution is -0.137. The zero-order valence-corrected chi connectivity index (χ0v) is 28.8. The van der Waals surface area contributed by atoms with Crippen molar-refractivity contribution in [3.05, 3.63) is 114 Å². The van der Waals surface area contributed by atoms with E-state index in [2.05, 4.69) is 16.0 Å². The molecule has 1 aliphatic heterocycles. The van der Waals surface area contributed by atoms with Crippen molar-refractivity contribution in [3.63, 3.8) is 0 Å². The number of hydrogen-bond donors (Lipinski definition) is 0. The Morgan fingerprint density at radius 3 is 2.29 bits per heavy atom. The first-order chi connectivity index (χ1) is 23.0. The number of alkyl halides is 3. The molecule has 1 saturated heterocycles. The van der Waals surface area contributed by atoms with E-state index < -0.39 is 17.6 Å². The fourth-order valence-electron chi connectivity index (χ4n) is 5.76. The first kappa shape index (κ1) is 35.4. The second-order valence-electron chi connectivity index (χ2n) is 11.6. The number of halogens is 4. The van der Waals surface area contributed by atoms with Gasteiger partial charge in [0.1, 0.15) is 17.2 Å². The number of carbonyl (C=O) groups is 2. The predicted molar refractivity (Wildman–Crippen MR) is 186 cm³/mol. The van der Waals surface area contributed by atoms with Crippen molar-refractivity contribution < 1.29 is 32.2 Å². The molecule has 9 nitrogen and oxygen atoms in total. The maximum atomic E-state index is 13.6. The van der Waals surface area contributed by atoms with Gasteiger partial charge in [0.25, 0.3) is 11.8 Å². The molecular formula is C36H35BrF3N5O4. The van der Waals surface area contributed by atoms with E-state index in [1.807, 2.05) is 52.9 Å². The zero-order chi connectivity index (χ0) is 34.0. The molecule has 0 bridgehead atoms. The Labute approximate surface area is 292 Å². The first-order valence-electron chi connectivity index (χ1n) is 15.3. The summed E-state index contributed by atoms with van der Waals surface area (Å²) in [5, 5.41) is 0.841. The Bertz CT molecular complexity index is 1940. The van der Waals surface area contributed by atoms with E-state index in [9.17, 15) is 22.8 Å². The SMILES string of the molecule is Br.COc1cccc(CN2CCN(C(=O)c3cc4cc(Oc5ccc(N(C)C(=O)c6ccc(C(F)(F)F)cc6)cn5)ccc4n3C)CC2)c1. The van der Waals surface area contributed by atoms with Gasteiger partial charge in [-0.3, -0.25) is 14.5 Å². The summed E-state index contributed by atoms with van der Waals surface area (Å²) in [5.74, 6) is 1.14. The van der Waals surface area contributed by atoms with Gasteiger partial charge < -0.3 is 23.8 Å². The second kappa shape index (κ2) is 14.7. The number of benzene rings is 3. The van der Waals surface area contributed by atoms with Crippen LogP contribution >= 0.6 is 17.0 Å². The van der Waals surface area contributed by atoms with Gasteiger partial charge in [0.15, 0.2) is 0 Å². The predicted octanol–water partition coefficient (Wildman–Crippen LogP) is 7.21. The normalized spacial score (nSPS) is 13.6. The molecule has 1 aliphatic rings. The summed E-state index contributed by atoms with van der Waals surface area (Å²) >= 11 is 0. The van der Waals surface area contributed by atoms with Crippen LogP contribution in [0.1, 0.15) is 32.0 Å². The number of rotatable bonds is 8. The number of fused-ring (bicyclic) bond motifs is 1. The lowest BCUT2D eigenvalue weighted by atomic mass is 10.1. The highest BCUT2D eigenvalue weighted by Gasteiger charge is 2.30. The standard InChI is InChI=1S/C36H34F3N5O4.BrH/c1-41(34(45)25-7-9-27(10-8-25)36(37,38)39)28-11-14-33(40-22-28)48-30-12-13-31-26(20-30)21-32(42(31)2)35(46)44-17-15-43(16-18-44)23-24-5-4-6-29(19-24)47-3;/h4-14,19-22H,15-18,23H2,1-3H3;1H. The number of aryl methyl sites for hydroxylation is 1. The monoisotopic (exact) mass is 737 g/mol. The van der Waals surface area contributed by atoms with Gasteiger partial charge in [0.2, 0.25) is 5.88 Å². The van der Waals surface area contributed by atoms with E-state index in [1.54, 1.807) is 25.3 Å². The highest BCUT2D eigenvalue weighted by molar-refractivity contribution is 8.93. The summed E-state index contributed by atoms with van der Waals surface area (Å²) < 4.78 is 51.8. The van der Waals surface area contributed by atoms with Crippen molar-refractivity contribution in [2.24, 2.45) is 7.05 Å². The third kappa shape index (κ3) is 7.89. The number of pyridine rings is 1. The number of amides is 2. The molecule has 0 spiro atoms. The molecule has 1 fully saturated rings. The molecule has 0 radical (unpaired) electrons. The number of methoxy groups -OCH3 is 1. The summed E-state index contributed by atoms with van der Waals surface area (Å²) in [4.78, 5) is 36.2. The molecule has 2 aromatic heterocycles. The van der Waals surface area contributed by atoms with Gasteiger partial charge in [-0.1, -0.05) is 12.1 Å². The van der Waals surface area contributed by atoms with Crippen molar-refractivity contribution in [1.29, 1.82) is 0 Å². The average Bonchev–Trinajstić information content (AvgIpc) is 3.42. The Morgan fingerprint density at radius 2 is 1.63 bits per heavy atom. The number of piperazine rings is 1. The zero-order valence-electron chi connectivity index (χ0n) is 27.1. The first-order valence-corrected chi connectivity index (χ1v) is 15.3. The van der Waals surface area contributed by atoms with Crippen LogP contribution < -0.4 is 14.4 Å². The lowest BCUT2D eigenvalue weighted by Gasteiger charge is -2.34. The highest BCUT2D eigenvalue weighted by atomic mass is 79.9. The molecule has 0 atom stereocenters. The molecule has 6 rings (SSSR count). The number of hydrogen-bond acceptors (Lipinski definition) is 6. The molecule has 0 aliphatic carbocycles. The third-order valence-corrected chi connectivity index (χ3v) is 8.53. The van der Waals surface area contributed by atoms with Crippen molar-refractivity contribution >= 4 is 45.4 Å². The van der Waals surface area contributed by atoms with Crippen LogP contribution in [0.5, 0.6) is 17.4 Å². The fraction of sp³-hybridized carbons (Fsp3) is 0.250. The number of ether oxygens (including phenoxy) is 2. The molecule has 2 amide bonds. The van der Waals surface area contributed by atoms with Crippen LogP contribution in [-0.2, 0) is 19.8 Å². The van der Waals surface area contributed by atoms with E-state index >= 15 is 0 Å². The summed E-state index contributed by atoms with van der Waals surface area (Å²) in [6.07, 6.45) is -3.03. The van der Waals surface area contributed by atoms with Crippen LogP contribution in [0.3, 0.4) is 0 Å². The molecular weight excluding hydrogens is 703 g/mol. The van der Waals surface area contributed by atoms with E-state index in [0.29, 0.717) is 30.2 Å².